The number of aromatic amines is 1. The van der Waals surface area contributed by atoms with Gasteiger partial charge in [-0.15, -0.1) is 0 Å². The maximum Gasteiger partial charge on any atom is 0.119 e. The molecule has 0 unspecified atom stereocenters. The van der Waals surface area contributed by atoms with Gasteiger partial charge in [-0.05, 0) is 42.8 Å². The number of rotatable bonds is 4. The van der Waals surface area contributed by atoms with E-state index in [-0.39, 0.29) is 0 Å². The Balaban J connectivity index is 1.71. The summed E-state index contributed by atoms with van der Waals surface area (Å²) >= 11 is 1.82. The maximum atomic E-state index is 5.39. The van der Waals surface area contributed by atoms with Crippen LogP contribution >= 0.6 is 11.8 Å². The molecule has 4 nitrogen and oxygen atoms in total. The summed E-state index contributed by atoms with van der Waals surface area (Å²) < 4.78 is 5.39. The Morgan fingerprint density at radius 3 is 2.68 bits per heavy atom. The van der Waals surface area contributed by atoms with Gasteiger partial charge in [0.2, 0.25) is 0 Å². The van der Waals surface area contributed by atoms with Gasteiger partial charge in [-0.2, -0.15) is 0 Å². The molecule has 2 aromatic carbocycles. The first-order valence-electron chi connectivity index (χ1n) is 8.64. The number of aryl methyl sites for hydroxylation is 1. The molecular weight excluding hydrogens is 330 g/mol. The highest BCUT2D eigenvalue weighted by Gasteiger charge is 2.16. The zero-order chi connectivity index (χ0) is 17.2. The number of benzene rings is 2. The Morgan fingerprint density at radius 2 is 1.88 bits per heavy atom. The van der Waals surface area contributed by atoms with Crippen molar-refractivity contribution in [2.24, 2.45) is 0 Å². The van der Waals surface area contributed by atoms with Crippen LogP contribution in [0.1, 0.15) is 5.56 Å². The molecule has 1 saturated heterocycles. The zero-order valence-electron chi connectivity index (χ0n) is 14.6. The van der Waals surface area contributed by atoms with Gasteiger partial charge in [-0.25, -0.2) is 0 Å². The van der Waals surface area contributed by atoms with Crippen LogP contribution in [0.2, 0.25) is 0 Å². The summed E-state index contributed by atoms with van der Waals surface area (Å²) in [6.45, 7) is 6.36. The average Bonchev–Trinajstić information content (AvgIpc) is 3.06. The molecule has 2 N–H and O–H groups in total. The van der Waals surface area contributed by atoms with Crippen molar-refractivity contribution in [1.29, 1.82) is 0 Å². The summed E-state index contributed by atoms with van der Waals surface area (Å²) in [6.07, 6.45) is 2.09. The summed E-state index contributed by atoms with van der Waals surface area (Å²) in [4.78, 5) is 8.39. The van der Waals surface area contributed by atoms with Crippen LogP contribution in [0.4, 0.5) is 5.69 Å². The van der Waals surface area contributed by atoms with Crippen LogP contribution in [-0.4, -0.2) is 38.3 Å². The zero-order valence-corrected chi connectivity index (χ0v) is 15.5. The van der Waals surface area contributed by atoms with Crippen LogP contribution in [0.15, 0.2) is 52.4 Å². The summed E-state index contributed by atoms with van der Waals surface area (Å²) in [5.41, 5.74) is 3.78. The van der Waals surface area contributed by atoms with E-state index >= 15 is 0 Å². The van der Waals surface area contributed by atoms with Gasteiger partial charge in [0, 0.05) is 53.1 Å². The van der Waals surface area contributed by atoms with Gasteiger partial charge >= 0.3 is 0 Å². The van der Waals surface area contributed by atoms with Crippen molar-refractivity contribution in [3.63, 3.8) is 0 Å². The molecule has 0 bridgehead atoms. The number of ether oxygens (including phenoxy) is 1. The third-order valence-electron chi connectivity index (χ3n) is 4.64. The van der Waals surface area contributed by atoms with Crippen LogP contribution in [0, 0.1) is 6.92 Å². The molecule has 130 valence electrons. The van der Waals surface area contributed by atoms with E-state index in [4.69, 9.17) is 4.74 Å². The molecule has 1 aromatic heterocycles. The molecule has 0 atom stereocenters. The number of hydrogen-bond donors (Lipinski definition) is 2. The van der Waals surface area contributed by atoms with Crippen LogP contribution in [0.25, 0.3) is 10.9 Å². The van der Waals surface area contributed by atoms with Crippen molar-refractivity contribution in [2.75, 3.05) is 38.2 Å². The maximum absolute atomic E-state index is 5.39. The third kappa shape index (κ3) is 3.34. The molecule has 25 heavy (non-hydrogen) atoms. The standard InChI is InChI=1S/C20H23N3OS/c1-14-3-6-19(18(11-14)23-9-7-21-8-10-23)25-20-13-22-17-5-4-15(24-2)12-16(17)20/h3-6,11-13,21-22H,7-10H2,1-2H3. The number of piperazine rings is 1. The molecule has 2 heterocycles. The van der Waals surface area contributed by atoms with Crippen molar-refractivity contribution in [3.8, 4) is 5.75 Å². The SMILES string of the molecule is COc1ccc2[nH]cc(Sc3ccc(C)cc3N3CCNCC3)c2c1. The highest BCUT2D eigenvalue weighted by molar-refractivity contribution is 7.99. The molecule has 3 aromatic rings. The van der Waals surface area contributed by atoms with Gasteiger partial charge in [0.1, 0.15) is 5.75 Å². The second kappa shape index (κ2) is 7.02. The first kappa shape index (κ1) is 16.4. The smallest absolute Gasteiger partial charge is 0.119 e. The van der Waals surface area contributed by atoms with Gasteiger partial charge < -0.3 is 19.9 Å². The molecule has 0 amide bonds. The lowest BCUT2D eigenvalue weighted by Gasteiger charge is -2.31. The fourth-order valence-corrected chi connectivity index (χ4v) is 4.33. The fraction of sp³-hybridized carbons (Fsp3) is 0.300. The Labute approximate surface area is 152 Å². The van der Waals surface area contributed by atoms with Gasteiger partial charge in [-0.3, -0.25) is 0 Å². The monoisotopic (exact) mass is 353 g/mol. The van der Waals surface area contributed by atoms with Crippen molar-refractivity contribution in [3.05, 3.63) is 48.2 Å². The predicted molar refractivity (Wildman–Crippen MR) is 105 cm³/mol. The molecule has 1 fully saturated rings. The molecule has 0 radical (unpaired) electrons. The number of fused-ring (bicyclic) bond motifs is 1. The second-order valence-electron chi connectivity index (χ2n) is 6.37. The van der Waals surface area contributed by atoms with Crippen LogP contribution < -0.4 is 15.0 Å². The molecule has 0 aliphatic carbocycles. The van der Waals surface area contributed by atoms with Crippen LogP contribution in [-0.2, 0) is 0 Å². The van der Waals surface area contributed by atoms with Gasteiger partial charge in [0.15, 0.2) is 0 Å². The van der Waals surface area contributed by atoms with E-state index in [9.17, 15) is 0 Å². The molecule has 0 spiro atoms. The predicted octanol–water partition coefficient (Wildman–Crippen LogP) is 4.05. The number of nitrogens with zero attached hydrogens (tertiary/aromatic N) is 1. The fourth-order valence-electron chi connectivity index (χ4n) is 3.27. The van der Waals surface area contributed by atoms with Crippen molar-refractivity contribution < 1.29 is 4.74 Å². The molecular formula is C20H23N3OS. The Morgan fingerprint density at radius 1 is 1.04 bits per heavy atom. The summed E-state index contributed by atoms with van der Waals surface area (Å²) in [6, 6.07) is 12.9. The van der Waals surface area contributed by atoms with E-state index in [1.54, 1.807) is 7.11 Å². The van der Waals surface area contributed by atoms with E-state index in [1.807, 2.05) is 17.8 Å². The highest BCUT2D eigenvalue weighted by atomic mass is 32.2. The van der Waals surface area contributed by atoms with E-state index in [1.165, 1.54) is 26.4 Å². The van der Waals surface area contributed by atoms with E-state index < -0.39 is 0 Å². The normalized spacial score (nSPS) is 14.9. The van der Waals surface area contributed by atoms with Gasteiger partial charge in [0.05, 0.1) is 12.8 Å². The molecule has 5 heteroatoms. The topological polar surface area (TPSA) is 40.3 Å². The van der Waals surface area contributed by atoms with Crippen molar-refractivity contribution in [1.82, 2.24) is 10.3 Å². The Kier molecular flexibility index (Phi) is 4.59. The number of anilines is 1. The first-order chi connectivity index (χ1) is 12.2. The highest BCUT2D eigenvalue weighted by Crippen LogP contribution is 2.40. The minimum Gasteiger partial charge on any atom is -0.497 e. The quantitative estimate of drug-likeness (QED) is 0.742. The number of aromatic nitrogens is 1. The Hall–Kier alpha value is -2.11. The van der Waals surface area contributed by atoms with E-state index in [0.717, 1.165) is 37.4 Å². The van der Waals surface area contributed by atoms with Gasteiger partial charge in [0.25, 0.3) is 0 Å². The van der Waals surface area contributed by atoms with Crippen LogP contribution in [0.3, 0.4) is 0 Å². The summed E-state index contributed by atoms with van der Waals surface area (Å²) in [5.74, 6) is 0.889. The molecule has 1 aliphatic rings. The minimum absolute atomic E-state index is 0.889. The summed E-state index contributed by atoms with van der Waals surface area (Å²) in [5, 5.41) is 4.64. The Bertz CT molecular complexity index is 884. The first-order valence-corrected chi connectivity index (χ1v) is 9.45. The van der Waals surface area contributed by atoms with E-state index in [2.05, 4.69) is 58.7 Å². The molecule has 4 rings (SSSR count). The number of H-pyrrole nitrogens is 1. The third-order valence-corrected chi connectivity index (χ3v) is 5.77. The second-order valence-corrected chi connectivity index (χ2v) is 7.46. The molecule has 1 aliphatic heterocycles. The number of hydrogen-bond acceptors (Lipinski definition) is 4. The summed E-state index contributed by atoms with van der Waals surface area (Å²) in [7, 11) is 1.71. The average molecular weight is 353 g/mol. The number of nitrogens with one attached hydrogen (secondary N) is 2. The largest absolute Gasteiger partial charge is 0.497 e. The lowest BCUT2D eigenvalue weighted by molar-refractivity contribution is 0.415. The van der Waals surface area contributed by atoms with Gasteiger partial charge in [-0.1, -0.05) is 17.8 Å². The number of methoxy groups -OCH3 is 1. The van der Waals surface area contributed by atoms with Crippen molar-refractivity contribution in [2.45, 2.75) is 16.7 Å². The lowest BCUT2D eigenvalue weighted by Crippen LogP contribution is -2.43. The minimum atomic E-state index is 0.889. The van der Waals surface area contributed by atoms with Crippen LogP contribution in [0.5, 0.6) is 5.75 Å². The van der Waals surface area contributed by atoms with E-state index in [0.29, 0.717) is 0 Å². The lowest BCUT2D eigenvalue weighted by atomic mass is 10.2. The molecule has 0 saturated carbocycles. The van der Waals surface area contributed by atoms with Crippen molar-refractivity contribution >= 4 is 28.4 Å².